The fraction of sp³-hybridized carbons (Fsp3) is 0.282. The van der Waals surface area contributed by atoms with Crippen LogP contribution in [0.1, 0.15) is 45.6 Å². The Morgan fingerprint density at radius 1 is 0.792 bits per heavy atom. The van der Waals surface area contributed by atoms with Gasteiger partial charge in [0.15, 0.2) is 0 Å². The Balaban J connectivity index is 1.08. The summed E-state index contributed by atoms with van der Waals surface area (Å²) in [5.41, 5.74) is 6.99. The number of fused-ring (bicyclic) bond motifs is 2. The van der Waals surface area contributed by atoms with Crippen LogP contribution in [-0.2, 0) is 23.7 Å². The molecule has 8 rings (SSSR count). The summed E-state index contributed by atoms with van der Waals surface area (Å²) in [6.45, 7) is 3.46. The number of anilines is 1. The minimum atomic E-state index is -4.92. The molecule has 2 fully saturated rings. The third kappa shape index (κ3) is 5.56. The summed E-state index contributed by atoms with van der Waals surface area (Å²) >= 11 is 0. The quantitative estimate of drug-likeness (QED) is 0.148. The van der Waals surface area contributed by atoms with Crippen LogP contribution in [-0.4, -0.2) is 53.3 Å². The third-order valence-corrected chi connectivity index (χ3v) is 10.6. The average Bonchev–Trinajstić information content (AvgIpc) is 3.91. The van der Waals surface area contributed by atoms with E-state index in [4.69, 9.17) is 0 Å². The van der Waals surface area contributed by atoms with Gasteiger partial charge in [0.05, 0.1) is 17.4 Å². The highest BCUT2D eigenvalue weighted by atomic mass is 19.4. The molecule has 0 bridgehead atoms. The van der Waals surface area contributed by atoms with Crippen molar-refractivity contribution in [1.29, 1.82) is 0 Å². The first-order valence-corrected chi connectivity index (χ1v) is 16.5. The van der Waals surface area contributed by atoms with Crippen molar-refractivity contribution >= 4 is 33.3 Å². The number of carbonyl (C=O) groups excluding carboxylic acids is 1. The first-order valence-electron chi connectivity index (χ1n) is 16.5. The van der Waals surface area contributed by atoms with Crippen molar-refractivity contribution in [3.8, 4) is 0 Å². The van der Waals surface area contributed by atoms with Crippen molar-refractivity contribution in [3.63, 3.8) is 0 Å². The van der Waals surface area contributed by atoms with Gasteiger partial charge in [-0.05, 0) is 96.9 Å². The van der Waals surface area contributed by atoms with Gasteiger partial charge in [0, 0.05) is 52.4 Å². The fourth-order valence-corrected chi connectivity index (χ4v) is 8.07. The van der Waals surface area contributed by atoms with Crippen LogP contribution in [0.3, 0.4) is 0 Å². The molecule has 4 heterocycles. The Labute approximate surface area is 276 Å². The van der Waals surface area contributed by atoms with Crippen LogP contribution in [0.5, 0.6) is 0 Å². The smallest absolute Gasteiger partial charge is 0.371 e. The number of hydrogen-bond donors (Lipinski definition) is 3. The van der Waals surface area contributed by atoms with Crippen molar-refractivity contribution in [3.05, 3.63) is 131 Å². The van der Waals surface area contributed by atoms with E-state index in [1.165, 1.54) is 28.4 Å². The predicted molar refractivity (Wildman–Crippen MR) is 183 cm³/mol. The number of halogens is 3. The zero-order valence-electron chi connectivity index (χ0n) is 26.4. The molecule has 244 valence electrons. The van der Waals surface area contributed by atoms with Gasteiger partial charge in [-0.1, -0.05) is 54.6 Å². The molecule has 6 aromatic rings. The Kier molecular flexibility index (Phi) is 7.40. The molecule has 0 saturated carbocycles. The number of nitrogens with one attached hydrogen (secondary N) is 3. The zero-order chi connectivity index (χ0) is 32.9. The van der Waals surface area contributed by atoms with E-state index in [0.29, 0.717) is 10.9 Å². The maximum atomic E-state index is 13.1. The molecule has 2 unspecified atom stereocenters. The van der Waals surface area contributed by atoms with Crippen LogP contribution in [0.4, 0.5) is 18.9 Å². The summed E-state index contributed by atoms with van der Waals surface area (Å²) in [5.74, 6) is -1.86. The Morgan fingerprint density at radius 3 is 2.33 bits per heavy atom. The van der Waals surface area contributed by atoms with E-state index >= 15 is 0 Å². The predicted octanol–water partition coefficient (Wildman–Crippen LogP) is 7.65. The molecule has 4 aromatic carbocycles. The van der Waals surface area contributed by atoms with Crippen molar-refractivity contribution < 1.29 is 18.0 Å². The standard InChI is InChI=1S/C39H36F3N5O/c40-39(41,42)36(48)35-20-28-18-30(9-11-33(28)45-35)37(13-15-43-24-37)22-27-7-4-8-32(17-27)47-16-14-38(25-47,21-26-5-2-1-3-6-26)31-10-12-34-29(19-31)23-44-46-34/h1-12,17-20,23,43,45H,13-16,21-22,24-25H2,(H,44,46). The number of H-pyrrole nitrogens is 2. The molecule has 2 saturated heterocycles. The summed E-state index contributed by atoms with van der Waals surface area (Å²) in [7, 11) is 0. The zero-order valence-corrected chi connectivity index (χ0v) is 26.4. The number of benzene rings is 4. The Hall–Kier alpha value is -4.89. The van der Waals surface area contributed by atoms with Gasteiger partial charge in [-0.25, -0.2) is 0 Å². The molecule has 0 aliphatic carbocycles. The molecule has 0 radical (unpaired) electrons. The molecule has 9 heteroatoms. The normalized spacial score (nSPS) is 21.4. The van der Waals surface area contributed by atoms with E-state index in [2.05, 4.69) is 98.2 Å². The van der Waals surface area contributed by atoms with E-state index in [-0.39, 0.29) is 10.8 Å². The molecule has 6 nitrogen and oxygen atoms in total. The lowest BCUT2D eigenvalue weighted by Crippen LogP contribution is -2.33. The van der Waals surface area contributed by atoms with Gasteiger partial charge in [0.25, 0.3) is 5.78 Å². The summed E-state index contributed by atoms with van der Waals surface area (Å²) in [6.07, 6.45) is 0.641. The van der Waals surface area contributed by atoms with Gasteiger partial charge in [-0.2, -0.15) is 18.3 Å². The van der Waals surface area contributed by atoms with Crippen molar-refractivity contribution in [2.75, 3.05) is 31.1 Å². The topological polar surface area (TPSA) is 76.8 Å². The first kappa shape index (κ1) is 30.4. The van der Waals surface area contributed by atoms with Crippen molar-refractivity contribution in [1.82, 2.24) is 20.5 Å². The maximum absolute atomic E-state index is 13.1. The van der Waals surface area contributed by atoms with Gasteiger partial charge in [0.1, 0.15) is 0 Å². The molecule has 0 amide bonds. The van der Waals surface area contributed by atoms with Gasteiger partial charge in [-0.3, -0.25) is 9.89 Å². The SMILES string of the molecule is O=C(c1cc2cc(C3(Cc4cccc(N5CCC(Cc6ccccc6)(c6ccc7[nH]ncc7c6)C5)c4)CCNC3)ccc2[nH]1)C(F)(F)F. The van der Waals surface area contributed by atoms with Crippen LogP contribution in [0.2, 0.25) is 0 Å². The second-order valence-corrected chi connectivity index (χ2v) is 13.7. The number of hydrogen-bond acceptors (Lipinski definition) is 4. The molecule has 0 spiro atoms. The lowest BCUT2D eigenvalue weighted by Gasteiger charge is -2.32. The number of ketones is 1. The van der Waals surface area contributed by atoms with Crippen molar-refractivity contribution in [2.24, 2.45) is 0 Å². The molecule has 2 atom stereocenters. The van der Waals surface area contributed by atoms with Crippen LogP contribution in [0, 0.1) is 0 Å². The molecular weight excluding hydrogens is 611 g/mol. The van der Waals surface area contributed by atoms with Gasteiger partial charge < -0.3 is 15.2 Å². The molecule has 2 aliphatic heterocycles. The molecule has 2 aromatic heterocycles. The number of Topliss-reactive ketones (excluding diaryl/α,β-unsaturated/α-hetero) is 1. The largest absolute Gasteiger partial charge is 0.456 e. The lowest BCUT2D eigenvalue weighted by molar-refractivity contribution is -0.0887. The van der Waals surface area contributed by atoms with E-state index < -0.39 is 17.7 Å². The number of aromatic nitrogens is 3. The minimum Gasteiger partial charge on any atom is -0.371 e. The van der Waals surface area contributed by atoms with E-state index in [9.17, 15) is 18.0 Å². The van der Waals surface area contributed by atoms with Crippen LogP contribution < -0.4 is 10.2 Å². The minimum absolute atomic E-state index is 0.0578. The lowest BCUT2D eigenvalue weighted by atomic mass is 9.74. The van der Waals surface area contributed by atoms with Gasteiger partial charge in [0.2, 0.25) is 0 Å². The van der Waals surface area contributed by atoms with E-state index in [1.54, 1.807) is 6.07 Å². The summed E-state index contributed by atoms with van der Waals surface area (Å²) in [4.78, 5) is 17.1. The van der Waals surface area contributed by atoms with Gasteiger partial charge in [-0.15, -0.1) is 0 Å². The summed E-state index contributed by atoms with van der Waals surface area (Å²) in [6, 6.07) is 33.3. The average molecular weight is 648 g/mol. The number of carbonyl (C=O) groups is 1. The number of nitrogens with zero attached hydrogens (tertiary/aromatic N) is 2. The number of rotatable bonds is 8. The maximum Gasteiger partial charge on any atom is 0.456 e. The first-order chi connectivity index (χ1) is 23.2. The number of aromatic amines is 2. The molecule has 3 N–H and O–H groups in total. The molecular formula is C39H36F3N5O. The highest BCUT2D eigenvalue weighted by molar-refractivity contribution is 6.02. The van der Waals surface area contributed by atoms with Gasteiger partial charge >= 0.3 is 6.18 Å². The number of alkyl halides is 3. The van der Waals surface area contributed by atoms with E-state index in [0.717, 1.165) is 68.3 Å². The second-order valence-electron chi connectivity index (χ2n) is 13.7. The Bertz CT molecular complexity index is 2110. The van der Waals surface area contributed by atoms with Crippen LogP contribution in [0.15, 0.2) is 103 Å². The fourth-order valence-electron chi connectivity index (χ4n) is 8.07. The van der Waals surface area contributed by atoms with Crippen molar-refractivity contribution in [2.45, 2.75) is 42.7 Å². The highest BCUT2D eigenvalue weighted by Crippen LogP contribution is 2.42. The summed E-state index contributed by atoms with van der Waals surface area (Å²) in [5, 5.41) is 12.6. The Morgan fingerprint density at radius 2 is 1.54 bits per heavy atom. The second kappa shape index (κ2) is 11.7. The third-order valence-electron chi connectivity index (χ3n) is 10.6. The van der Waals surface area contributed by atoms with Crippen LogP contribution >= 0.6 is 0 Å². The summed E-state index contributed by atoms with van der Waals surface area (Å²) < 4.78 is 39.4. The molecule has 2 aliphatic rings. The van der Waals surface area contributed by atoms with E-state index in [1.807, 2.05) is 18.3 Å². The molecule has 48 heavy (non-hydrogen) atoms. The van der Waals surface area contributed by atoms with Crippen LogP contribution in [0.25, 0.3) is 21.8 Å². The highest BCUT2D eigenvalue weighted by Gasteiger charge is 2.42. The monoisotopic (exact) mass is 647 g/mol.